The molecule has 1 N–H and O–H groups in total. The first kappa shape index (κ1) is 10.9. The Morgan fingerprint density at radius 3 is 2.53 bits per heavy atom. The van der Waals surface area contributed by atoms with Crippen LogP contribution in [0.2, 0.25) is 0 Å². The van der Waals surface area contributed by atoms with Crippen molar-refractivity contribution in [2.75, 3.05) is 6.54 Å². The number of carbonyl (C=O) groups is 1. The number of hydrogen-bond donors (Lipinski definition) is 1. The molecule has 1 aliphatic carbocycles. The summed E-state index contributed by atoms with van der Waals surface area (Å²) in [5.41, 5.74) is 0. The van der Waals surface area contributed by atoms with Gasteiger partial charge in [-0.05, 0) is 38.5 Å². The van der Waals surface area contributed by atoms with E-state index in [9.17, 15) is 4.79 Å². The Morgan fingerprint density at radius 2 is 2.07 bits per heavy atom. The van der Waals surface area contributed by atoms with E-state index in [-0.39, 0.29) is 18.1 Å². The lowest BCUT2D eigenvalue weighted by atomic mass is 10.1. The first-order valence-electron chi connectivity index (χ1n) is 6.14. The minimum absolute atomic E-state index is 0.0128. The lowest BCUT2D eigenvalue weighted by Gasteiger charge is -2.24. The summed E-state index contributed by atoms with van der Waals surface area (Å²) >= 11 is 0. The largest absolute Gasteiger partial charge is 0.326 e. The van der Waals surface area contributed by atoms with Crippen molar-refractivity contribution in [2.24, 2.45) is 11.8 Å². The normalized spacial score (nSPS) is 41.5. The topological polar surface area (TPSA) is 32.3 Å². The van der Waals surface area contributed by atoms with E-state index in [1.807, 2.05) is 11.8 Å². The minimum Gasteiger partial charge on any atom is -0.326 e. The average Bonchev–Trinajstić information content (AvgIpc) is 2.67. The van der Waals surface area contributed by atoms with Gasteiger partial charge in [-0.15, -0.1) is 0 Å². The summed E-state index contributed by atoms with van der Waals surface area (Å²) in [6.07, 6.45) is 4.16. The standard InChI is InChI=1S/C12H22N2O/c1-8-4-5-11(6-8)7-14-10(3)13-9(2)12(14)15/h8-11,13H,4-7H2,1-3H3. The van der Waals surface area contributed by atoms with E-state index in [0.717, 1.165) is 18.4 Å². The minimum atomic E-state index is 0.0128. The van der Waals surface area contributed by atoms with Gasteiger partial charge in [-0.2, -0.15) is 0 Å². The highest BCUT2D eigenvalue weighted by Crippen LogP contribution is 2.31. The molecule has 1 heterocycles. The molecule has 1 amide bonds. The van der Waals surface area contributed by atoms with Crippen LogP contribution in [0.1, 0.15) is 40.0 Å². The summed E-state index contributed by atoms with van der Waals surface area (Å²) < 4.78 is 0. The quantitative estimate of drug-likeness (QED) is 0.750. The van der Waals surface area contributed by atoms with E-state index in [1.165, 1.54) is 19.3 Å². The lowest BCUT2D eigenvalue weighted by Crippen LogP contribution is -2.37. The van der Waals surface area contributed by atoms with Crippen LogP contribution < -0.4 is 5.32 Å². The van der Waals surface area contributed by atoms with Crippen LogP contribution in [0.5, 0.6) is 0 Å². The van der Waals surface area contributed by atoms with Gasteiger partial charge in [0.05, 0.1) is 12.2 Å². The highest BCUT2D eigenvalue weighted by Gasteiger charge is 2.35. The Labute approximate surface area is 92.2 Å². The van der Waals surface area contributed by atoms with E-state index in [4.69, 9.17) is 0 Å². The molecule has 4 unspecified atom stereocenters. The molecule has 3 heteroatoms. The monoisotopic (exact) mass is 210 g/mol. The average molecular weight is 210 g/mol. The Balaban J connectivity index is 1.91. The molecule has 1 saturated heterocycles. The van der Waals surface area contributed by atoms with Gasteiger partial charge in [-0.1, -0.05) is 13.3 Å². The fourth-order valence-electron chi connectivity index (χ4n) is 2.98. The van der Waals surface area contributed by atoms with Gasteiger partial charge in [0.1, 0.15) is 0 Å². The molecule has 0 aromatic rings. The first-order valence-corrected chi connectivity index (χ1v) is 6.14. The Bertz CT molecular complexity index is 254. The summed E-state index contributed by atoms with van der Waals surface area (Å²) in [6.45, 7) is 7.31. The Kier molecular flexibility index (Phi) is 3.01. The van der Waals surface area contributed by atoms with Crippen LogP contribution in [0.15, 0.2) is 0 Å². The molecule has 0 aromatic carbocycles. The fraction of sp³-hybridized carbons (Fsp3) is 0.917. The highest BCUT2D eigenvalue weighted by molar-refractivity contribution is 5.83. The van der Waals surface area contributed by atoms with E-state index in [1.54, 1.807) is 0 Å². The summed E-state index contributed by atoms with van der Waals surface area (Å²) in [4.78, 5) is 13.9. The zero-order valence-electron chi connectivity index (χ0n) is 9.99. The lowest BCUT2D eigenvalue weighted by molar-refractivity contribution is -0.130. The Hall–Kier alpha value is -0.570. The second-order valence-electron chi connectivity index (χ2n) is 5.34. The number of rotatable bonds is 2. The zero-order valence-corrected chi connectivity index (χ0v) is 9.99. The molecule has 0 radical (unpaired) electrons. The van der Waals surface area contributed by atoms with Crippen LogP contribution >= 0.6 is 0 Å². The second-order valence-corrected chi connectivity index (χ2v) is 5.34. The van der Waals surface area contributed by atoms with Gasteiger partial charge in [0.15, 0.2) is 0 Å². The zero-order chi connectivity index (χ0) is 11.0. The van der Waals surface area contributed by atoms with E-state index < -0.39 is 0 Å². The highest BCUT2D eigenvalue weighted by atomic mass is 16.2. The number of amides is 1. The maximum atomic E-state index is 11.8. The SMILES string of the molecule is CC1CCC(CN2C(=O)C(C)NC2C)C1. The third-order valence-electron chi connectivity index (χ3n) is 3.87. The number of carbonyl (C=O) groups excluding carboxylic acids is 1. The third-order valence-corrected chi connectivity index (χ3v) is 3.87. The van der Waals surface area contributed by atoms with Gasteiger partial charge < -0.3 is 4.90 Å². The molecule has 2 fully saturated rings. The molecule has 2 rings (SSSR count). The van der Waals surface area contributed by atoms with Crippen molar-refractivity contribution in [3.63, 3.8) is 0 Å². The fourth-order valence-corrected chi connectivity index (χ4v) is 2.98. The number of nitrogens with zero attached hydrogens (tertiary/aromatic N) is 1. The van der Waals surface area contributed by atoms with Crippen LogP contribution in [-0.4, -0.2) is 29.6 Å². The summed E-state index contributed by atoms with van der Waals surface area (Å²) in [5.74, 6) is 1.87. The van der Waals surface area contributed by atoms with Crippen LogP contribution in [-0.2, 0) is 4.79 Å². The number of hydrogen-bond acceptors (Lipinski definition) is 2. The molecular formula is C12H22N2O. The van der Waals surface area contributed by atoms with Crippen molar-refractivity contribution in [1.82, 2.24) is 10.2 Å². The maximum absolute atomic E-state index is 11.8. The van der Waals surface area contributed by atoms with Gasteiger partial charge in [-0.3, -0.25) is 10.1 Å². The van der Waals surface area contributed by atoms with Crippen LogP contribution in [0.4, 0.5) is 0 Å². The molecule has 0 spiro atoms. The van der Waals surface area contributed by atoms with Crippen molar-refractivity contribution in [3.8, 4) is 0 Å². The van der Waals surface area contributed by atoms with Crippen molar-refractivity contribution < 1.29 is 4.79 Å². The van der Waals surface area contributed by atoms with Crippen molar-refractivity contribution in [2.45, 2.75) is 52.2 Å². The van der Waals surface area contributed by atoms with Crippen LogP contribution in [0.25, 0.3) is 0 Å². The maximum Gasteiger partial charge on any atom is 0.240 e. The van der Waals surface area contributed by atoms with E-state index in [2.05, 4.69) is 19.2 Å². The summed E-state index contributed by atoms with van der Waals surface area (Å²) in [5, 5.41) is 3.28. The van der Waals surface area contributed by atoms with Gasteiger partial charge in [0, 0.05) is 6.54 Å². The molecule has 0 bridgehead atoms. The molecule has 1 saturated carbocycles. The van der Waals surface area contributed by atoms with Gasteiger partial charge in [0.2, 0.25) is 5.91 Å². The molecule has 1 aliphatic heterocycles. The summed E-state index contributed by atoms with van der Waals surface area (Å²) in [7, 11) is 0. The molecule has 3 nitrogen and oxygen atoms in total. The molecule has 15 heavy (non-hydrogen) atoms. The van der Waals surface area contributed by atoms with Crippen molar-refractivity contribution >= 4 is 5.91 Å². The second kappa shape index (κ2) is 4.12. The first-order chi connectivity index (χ1) is 7.08. The molecule has 0 aromatic heterocycles. The summed E-state index contributed by atoms with van der Waals surface area (Å²) in [6, 6.07) is 0.0128. The van der Waals surface area contributed by atoms with Gasteiger partial charge in [0.25, 0.3) is 0 Å². The van der Waals surface area contributed by atoms with Gasteiger partial charge in [-0.25, -0.2) is 0 Å². The predicted molar refractivity (Wildman–Crippen MR) is 60.3 cm³/mol. The molecule has 4 atom stereocenters. The molecule has 86 valence electrons. The smallest absolute Gasteiger partial charge is 0.240 e. The van der Waals surface area contributed by atoms with E-state index >= 15 is 0 Å². The predicted octanol–water partition coefficient (Wildman–Crippen LogP) is 1.59. The number of nitrogens with one attached hydrogen (secondary N) is 1. The molecular weight excluding hydrogens is 188 g/mol. The van der Waals surface area contributed by atoms with E-state index in [0.29, 0.717) is 0 Å². The third kappa shape index (κ3) is 2.17. The van der Waals surface area contributed by atoms with Crippen LogP contribution in [0, 0.1) is 11.8 Å². The van der Waals surface area contributed by atoms with Crippen molar-refractivity contribution in [3.05, 3.63) is 0 Å². The molecule has 2 aliphatic rings. The van der Waals surface area contributed by atoms with Gasteiger partial charge >= 0.3 is 0 Å². The Morgan fingerprint density at radius 1 is 1.33 bits per heavy atom. The van der Waals surface area contributed by atoms with Crippen molar-refractivity contribution in [1.29, 1.82) is 0 Å². The van der Waals surface area contributed by atoms with Crippen LogP contribution in [0.3, 0.4) is 0 Å².